The number of anilines is 1. The molecule has 0 saturated heterocycles. The first-order chi connectivity index (χ1) is 9.68. The van der Waals surface area contributed by atoms with Gasteiger partial charge in [0.25, 0.3) is 5.91 Å². The van der Waals surface area contributed by atoms with Crippen LogP contribution in [0, 0.1) is 5.82 Å². The maximum atomic E-state index is 13.8. The van der Waals surface area contributed by atoms with Crippen LogP contribution in [0.4, 0.5) is 10.1 Å². The highest BCUT2D eigenvalue weighted by molar-refractivity contribution is 9.13. The van der Waals surface area contributed by atoms with E-state index in [9.17, 15) is 17.6 Å². The molecule has 2 rings (SSSR count). The Balaban J connectivity index is 2.26. The normalized spacial score (nSPS) is 11.4. The molecular weight excluding hydrogens is 451 g/mol. The van der Waals surface area contributed by atoms with E-state index < -0.39 is 21.7 Å². The third-order valence-corrected chi connectivity index (χ3v) is 6.55. The number of sulfonamides is 1. The van der Waals surface area contributed by atoms with Crippen LogP contribution in [0.1, 0.15) is 9.67 Å². The predicted octanol–water partition coefficient (Wildman–Crippen LogP) is 3.31. The summed E-state index contributed by atoms with van der Waals surface area (Å²) in [5, 5.41) is 7.26. The summed E-state index contributed by atoms with van der Waals surface area (Å²) in [6, 6.07) is 4.60. The second kappa shape index (κ2) is 6.13. The quantitative estimate of drug-likeness (QED) is 0.740. The Morgan fingerprint density at radius 1 is 1.29 bits per heavy atom. The lowest BCUT2D eigenvalue weighted by Crippen LogP contribution is -2.14. The summed E-state index contributed by atoms with van der Waals surface area (Å²) in [4.78, 5) is 12.0. The lowest BCUT2D eigenvalue weighted by Gasteiger charge is -2.06. The van der Waals surface area contributed by atoms with Crippen molar-refractivity contribution in [3.63, 3.8) is 0 Å². The van der Waals surface area contributed by atoms with Crippen LogP contribution in [0.2, 0.25) is 0 Å². The Morgan fingerprint density at radius 2 is 1.95 bits per heavy atom. The van der Waals surface area contributed by atoms with Crippen molar-refractivity contribution in [3.05, 3.63) is 43.2 Å². The van der Waals surface area contributed by atoms with Gasteiger partial charge < -0.3 is 5.32 Å². The van der Waals surface area contributed by atoms with Crippen LogP contribution in [-0.2, 0) is 10.0 Å². The van der Waals surface area contributed by atoms with Gasteiger partial charge in [0.05, 0.1) is 19.2 Å². The van der Waals surface area contributed by atoms with Crippen molar-refractivity contribution in [1.82, 2.24) is 0 Å². The summed E-state index contributed by atoms with van der Waals surface area (Å²) in [5.41, 5.74) is -0.131. The molecule has 5 nitrogen and oxygen atoms in total. The number of nitrogens with one attached hydrogen (secondary N) is 1. The summed E-state index contributed by atoms with van der Waals surface area (Å²) in [6.07, 6.45) is 0. The summed E-state index contributed by atoms with van der Waals surface area (Å²) in [5.74, 6) is -1.39. The summed E-state index contributed by atoms with van der Waals surface area (Å²) in [7, 11) is -3.99. The number of thiophene rings is 1. The second-order valence-electron chi connectivity index (χ2n) is 3.87. The molecule has 0 fully saturated rings. The third kappa shape index (κ3) is 3.89. The number of benzene rings is 1. The molecular formula is C11H7Br2FN2O3S2. The van der Waals surface area contributed by atoms with Gasteiger partial charge in [-0.05, 0) is 56.1 Å². The van der Waals surface area contributed by atoms with E-state index in [4.69, 9.17) is 5.14 Å². The zero-order valence-electron chi connectivity index (χ0n) is 10.1. The molecule has 3 N–H and O–H groups in total. The Bertz CT molecular complexity index is 801. The van der Waals surface area contributed by atoms with Gasteiger partial charge in [0, 0.05) is 4.47 Å². The van der Waals surface area contributed by atoms with E-state index >= 15 is 0 Å². The van der Waals surface area contributed by atoms with Gasteiger partial charge in [0.1, 0.15) is 5.82 Å². The SMILES string of the molecule is NS(=O)(=O)c1ccc(NC(=O)c2cc(Br)c(Br)s2)c(F)c1. The predicted molar refractivity (Wildman–Crippen MR) is 85.4 cm³/mol. The van der Waals surface area contributed by atoms with Crippen molar-refractivity contribution >= 4 is 64.8 Å². The molecule has 0 aliphatic carbocycles. The minimum absolute atomic E-state index is 0.131. The highest BCUT2D eigenvalue weighted by Gasteiger charge is 2.16. The number of amides is 1. The number of rotatable bonds is 3. The van der Waals surface area contributed by atoms with Crippen molar-refractivity contribution in [3.8, 4) is 0 Å². The highest BCUT2D eigenvalue weighted by Crippen LogP contribution is 2.32. The van der Waals surface area contributed by atoms with Crippen molar-refractivity contribution in [2.24, 2.45) is 5.14 Å². The third-order valence-electron chi connectivity index (χ3n) is 2.39. The van der Waals surface area contributed by atoms with Gasteiger partial charge in [-0.15, -0.1) is 11.3 Å². The summed E-state index contributed by atoms with van der Waals surface area (Å²) in [6.45, 7) is 0. The van der Waals surface area contributed by atoms with Gasteiger partial charge in [-0.2, -0.15) is 0 Å². The van der Waals surface area contributed by atoms with Crippen LogP contribution in [0.5, 0.6) is 0 Å². The van der Waals surface area contributed by atoms with Crippen LogP contribution in [0.15, 0.2) is 37.4 Å². The fraction of sp³-hybridized carbons (Fsp3) is 0. The molecule has 2 aromatic rings. The lowest BCUT2D eigenvalue weighted by molar-refractivity contribution is 0.103. The average Bonchev–Trinajstić information content (AvgIpc) is 2.71. The van der Waals surface area contributed by atoms with Crippen LogP contribution >= 0.6 is 43.2 Å². The van der Waals surface area contributed by atoms with Crippen molar-refractivity contribution < 1.29 is 17.6 Å². The van der Waals surface area contributed by atoms with E-state index in [1.165, 1.54) is 11.3 Å². The molecule has 0 atom stereocenters. The topological polar surface area (TPSA) is 89.3 Å². The van der Waals surface area contributed by atoms with Gasteiger partial charge in [-0.1, -0.05) is 0 Å². The molecule has 0 radical (unpaired) electrons. The lowest BCUT2D eigenvalue weighted by atomic mass is 10.3. The highest BCUT2D eigenvalue weighted by atomic mass is 79.9. The van der Waals surface area contributed by atoms with E-state index in [-0.39, 0.29) is 10.6 Å². The number of hydrogen-bond acceptors (Lipinski definition) is 4. The molecule has 0 spiro atoms. The fourth-order valence-corrected chi connectivity index (χ4v) is 3.87. The average molecular weight is 458 g/mol. The molecule has 10 heteroatoms. The Morgan fingerprint density at radius 3 is 2.43 bits per heavy atom. The molecule has 0 aliphatic rings. The Labute approximate surface area is 140 Å². The first-order valence-corrected chi connectivity index (χ1v) is 9.22. The molecule has 0 bridgehead atoms. The summed E-state index contributed by atoms with van der Waals surface area (Å²) >= 11 is 7.67. The van der Waals surface area contributed by atoms with Gasteiger partial charge in [0.2, 0.25) is 10.0 Å². The zero-order chi connectivity index (χ0) is 15.8. The zero-order valence-corrected chi connectivity index (χ0v) is 14.9. The van der Waals surface area contributed by atoms with Crippen LogP contribution in [0.25, 0.3) is 0 Å². The fourth-order valence-electron chi connectivity index (χ4n) is 1.42. The van der Waals surface area contributed by atoms with E-state index in [0.29, 0.717) is 9.35 Å². The molecule has 1 amide bonds. The molecule has 0 aliphatic heterocycles. The van der Waals surface area contributed by atoms with Crippen molar-refractivity contribution in [2.45, 2.75) is 4.90 Å². The molecule has 112 valence electrons. The maximum Gasteiger partial charge on any atom is 0.265 e. The van der Waals surface area contributed by atoms with Crippen LogP contribution in [-0.4, -0.2) is 14.3 Å². The monoisotopic (exact) mass is 456 g/mol. The van der Waals surface area contributed by atoms with E-state index in [0.717, 1.165) is 22.0 Å². The molecule has 1 aromatic heterocycles. The van der Waals surface area contributed by atoms with Gasteiger partial charge in [-0.3, -0.25) is 4.79 Å². The number of hydrogen-bond donors (Lipinski definition) is 2. The molecule has 1 heterocycles. The van der Waals surface area contributed by atoms with Gasteiger partial charge in [-0.25, -0.2) is 17.9 Å². The smallest absolute Gasteiger partial charge is 0.265 e. The maximum absolute atomic E-state index is 13.8. The number of halogens is 3. The first-order valence-electron chi connectivity index (χ1n) is 5.27. The van der Waals surface area contributed by atoms with Crippen molar-refractivity contribution in [1.29, 1.82) is 0 Å². The van der Waals surface area contributed by atoms with Gasteiger partial charge in [0.15, 0.2) is 0 Å². The molecule has 0 unspecified atom stereocenters. The minimum atomic E-state index is -3.99. The number of carbonyl (C=O) groups is 1. The first kappa shape index (κ1) is 16.6. The molecule has 1 aromatic carbocycles. The number of carbonyl (C=O) groups excluding carboxylic acids is 1. The van der Waals surface area contributed by atoms with Crippen LogP contribution < -0.4 is 10.5 Å². The Kier molecular flexibility index (Phi) is 4.83. The number of nitrogens with two attached hydrogens (primary N) is 1. The van der Waals surface area contributed by atoms with E-state index in [1.54, 1.807) is 6.07 Å². The van der Waals surface area contributed by atoms with Gasteiger partial charge >= 0.3 is 0 Å². The van der Waals surface area contributed by atoms with Crippen molar-refractivity contribution in [2.75, 3.05) is 5.32 Å². The second-order valence-corrected chi connectivity index (χ2v) is 8.66. The van der Waals surface area contributed by atoms with E-state index in [2.05, 4.69) is 37.2 Å². The largest absolute Gasteiger partial charge is 0.319 e. The van der Waals surface area contributed by atoms with E-state index in [1.807, 2.05) is 0 Å². The summed E-state index contributed by atoms with van der Waals surface area (Å²) < 4.78 is 37.4. The van der Waals surface area contributed by atoms with Crippen LogP contribution in [0.3, 0.4) is 0 Å². The minimum Gasteiger partial charge on any atom is -0.319 e. The molecule has 21 heavy (non-hydrogen) atoms. The number of primary sulfonamides is 1. The Hall–Kier alpha value is -0.810. The molecule has 0 saturated carbocycles. The standard InChI is InChI=1S/C11H7Br2FN2O3S2/c12-6-4-9(20-10(6)13)11(17)16-8-2-1-5(3-7(8)14)21(15,18)19/h1-4H,(H,16,17)(H2,15,18,19).